The van der Waals surface area contributed by atoms with Crippen molar-refractivity contribution in [2.45, 2.75) is 96.7 Å². The van der Waals surface area contributed by atoms with Crippen molar-refractivity contribution in [3.05, 3.63) is 11.6 Å². The number of aliphatic hydroxyl groups is 3. The Labute approximate surface area is 178 Å². The van der Waals surface area contributed by atoms with Gasteiger partial charge in [-0.25, -0.2) is 4.79 Å². The summed E-state index contributed by atoms with van der Waals surface area (Å²) in [6, 6.07) is 0. The predicted molar refractivity (Wildman–Crippen MR) is 111 cm³/mol. The van der Waals surface area contributed by atoms with Crippen molar-refractivity contribution < 1.29 is 39.5 Å². The lowest BCUT2D eigenvalue weighted by molar-refractivity contribution is -0.138. The van der Waals surface area contributed by atoms with E-state index in [1.807, 2.05) is 13.8 Å². The average Bonchev–Trinajstić information content (AvgIpc) is 3.00. The first-order valence-electron chi connectivity index (χ1n) is 10.8. The average molecular weight is 431 g/mol. The number of ether oxygens (including phenoxy) is 2. The number of hydrogen-bond acceptors (Lipinski definition) is 7. The molecule has 8 nitrogen and oxygen atoms in total. The van der Waals surface area contributed by atoms with Gasteiger partial charge in [-0.2, -0.15) is 0 Å². The number of esters is 1. The van der Waals surface area contributed by atoms with Crippen LogP contribution in [0, 0.1) is 11.8 Å². The first kappa shape index (κ1) is 26.6. The fourth-order valence-electron chi connectivity index (χ4n) is 3.66. The van der Waals surface area contributed by atoms with E-state index in [1.165, 1.54) is 6.08 Å². The lowest BCUT2D eigenvalue weighted by Gasteiger charge is -2.27. The van der Waals surface area contributed by atoms with Crippen LogP contribution in [0.3, 0.4) is 0 Å². The first-order valence-corrected chi connectivity index (χ1v) is 10.8. The number of carbonyl (C=O) groups is 2. The summed E-state index contributed by atoms with van der Waals surface area (Å²) in [7, 11) is 0. The Morgan fingerprint density at radius 1 is 1.20 bits per heavy atom. The van der Waals surface area contributed by atoms with Gasteiger partial charge in [-0.3, -0.25) is 4.79 Å². The van der Waals surface area contributed by atoms with E-state index in [0.29, 0.717) is 24.8 Å². The molecule has 1 fully saturated rings. The summed E-state index contributed by atoms with van der Waals surface area (Å²) in [6.45, 7) is 7.48. The molecule has 0 aliphatic carbocycles. The Morgan fingerprint density at radius 2 is 1.87 bits per heavy atom. The second-order valence-electron chi connectivity index (χ2n) is 8.66. The van der Waals surface area contributed by atoms with E-state index in [2.05, 4.69) is 0 Å². The van der Waals surface area contributed by atoms with Gasteiger partial charge in [0.15, 0.2) is 0 Å². The molecule has 0 spiro atoms. The molecule has 0 bridgehead atoms. The van der Waals surface area contributed by atoms with E-state index in [9.17, 15) is 24.9 Å². The normalized spacial score (nSPS) is 26.1. The first-order chi connectivity index (χ1) is 14.0. The molecule has 0 saturated carbocycles. The summed E-state index contributed by atoms with van der Waals surface area (Å²) in [5, 5.41) is 39.2. The van der Waals surface area contributed by atoms with Crippen molar-refractivity contribution in [1.29, 1.82) is 0 Å². The molecule has 1 saturated heterocycles. The highest BCUT2D eigenvalue weighted by Crippen LogP contribution is 2.33. The summed E-state index contributed by atoms with van der Waals surface area (Å²) >= 11 is 0. The summed E-state index contributed by atoms with van der Waals surface area (Å²) in [6.07, 6.45) is 0.629. The summed E-state index contributed by atoms with van der Waals surface area (Å²) in [5.41, 5.74) is 0.571. The molecule has 0 amide bonds. The molecular formula is C22H38O8. The van der Waals surface area contributed by atoms with E-state index in [-0.39, 0.29) is 37.4 Å². The van der Waals surface area contributed by atoms with E-state index in [4.69, 9.17) is 14.6 Å². The summed E-state index contributed by atoms with van der Waals surface area (Å²) < 4.78 is 11.0. The molecule has 4 N–H and O–H groups in total. The monoisotopic (exact) mass is 430 g/mol. The zero-order chi connectivity index (χ0) is 22.8. The molecule has 8 heteroatoms. The van der Waals surface area contributed by atoms with Gasteiger partial charge >= 0.3 is 11.9 Å². The molecule has 0 radical (unpaired) electrons. The second kappa shape index (κ2) is 13.0. The zero-order valence-corrected chi connectivity index (χ0v) is 18.5. The fourth-order valence-corrected chi connectivity index (χ4v) is 3.66. The van der Waals surface area contributed by atoms with Gasteiger partial charge in [-0.1, -0.05) is 19.4 Å². The van der Waals surface area contributed by atoms with Crippen LogP contribution < -0.4 is 0 Å². The van der Waals surface area contributed by atoms with Crippen LogP contribution in [0.15, 0.2) is 11.6 Å². The third-order valence-corrected chi connectivity index (χ3v) is 5.66. The highest BCUT2D eigenvalue weighted by molar-refractivity contribution is 5.82. The molecule has 1 aliphatic heterocycles. The topological polar surface area (TPSA) is 134 Å². The maximum absolute atomic E-state index is 11.8. The Morgan fingerprint density at radius 3 is 2.47 bits per heavy atom. The number of carbonyl (C=O) groups excluding carboxylic acids is 1. The van der Waals surface area contributed by atoms with Crippen LogP contribution in [-0.4, -0.2) is 69.5 Å². The molecule has 174 valence electrons. The molecule has 1 heterocycles. The third kappa shape index (κ3) is 9.55. The third-order valence-electron chi connectivity index (χ3n) is 5.66. The number of rotatable bonds is 13. The van der Waals surface area contributed by atoms with Crippen LogP contribution in [0.2, 0.25) is 0 Å². The van der Waals surface area contributed by atoms with Gasteiger partial charge in [-0.15, -0.1) is 0 Å². The lowest BCUT2D eigenvalue weighted by Crippen LogP contribution is -2.40. The van der Waals surface area contributed by atoms with Crippen LogP contribution in [0.25, 0.3) is 0 Å². The van der Waals surface area contributed by atoms with Gasteiger partial charge in [0.1, 0.15) is 6.10 Å². The van der Waals surface area contributed by atoms with Crippen LogP contribution >= 0.6 is 0 Å². The highest BCUT2D eigenvalue weighted by Gasteiger charge is 2.40. The van der Waals surface area contributed by atoms with E-state index in [0.717, 1.165) is 6.42 Å². The van der Waals surface area contributed by atoms with Crippen molar-refractivity contribution in [2.75, 3.05) is 6.61 Å². The second-order valence-corrected chi connectivity index (χ2v) is 8.66. The Balaban J connectivity index is 2.44. The van der Waals surface area contributed by atoms with E-state index >= 15 is 0 Å². The van der Waals surface area contributed by atoms with Gasteiger partial charge in [0, 0.05) is 12.5 Å². The fraction of sp³-hybridized carbons (Fsp3) is 0.818. The minimum atomic E-state index is -1.08. The van der Waals surface area contributed by atoms with Crippen molar-refractivity contribution in [3.8, 4) is 0 Å². The van der Waals surface area contributed by atoms with Crippen LogP contribution in [-0.2, 0) is 19.1 Å². The SMILES string of the molecule is C/C(=C\C(=O)OCCCCC(=O)O)C[C@H](O)[C@H](O)[C@@H]1O[C@@H](C[C@@H](C)[C@H](C)O)C[C@H]1C. The molecule has 0 aromatic rings. The molecular weight excluding hydrogens is 392 g/mol. The molecule has 0 aromatic heterocycles. The van der Waals surface area contributed by atoms with Crippen molar-refractivity contribution >= 4 is 11.9 Å². The van der Waals surface area contributed by atoms with Gasteiger partial charge in [0.2, 0.25) is 0 Å². The minimum Gasteiger partial charge on any atom is -0.481 e. The van der Waals surface area contributed by atoms with E-state index in [1.54, 1.807) is 13.8 Å². The number of aliphatic hydroxyl groups excluding tert-OH is 3. The maximum atomic E-state index is 11.8. The Hall–Kier alpha value is -1.48. The van der Waals surface area contributed by atoms with Gasteiger partial charge in [0.25, 0.3) is 0 Å². The van der Waals surface area contributed by atoms with Crippen molar-refractivity contribution in [3.63, 3.8) is 0 Å². The Kier molecular flexibility index (Phi) is 11.5. The van der Waals surface area contributed by atoms with Gasteiger partial charge < -0.3 is 29.9 Å². The smallest absolute Gasteiger partial charge is 0.330 e. The summed E-state index contributed by atoms with van der Waals surface area (Å²) in [5.74, 6) is -1.28. The number of carboxylic acids is 1. The van der Waals surface area contributed by atoms with Crippen LogP contribution in [0.5, 0.6) is 0 Å². The van der Waals surface area contributed by atoms with E-state index < -0.39 is 36.4 Å². The maximum Gasteiger partial charge on any atom is 0.330 e. The number of unbranched alkanes of at least 4 members (excludes halogenated alkanes) is 1. The molecule has 30 heavy (non-hydrogen) atoms. The Bertz CT molecular complexity index is 573. The standard InChI is InChI=1S/C22H38O8/c1-13(10-20(27)29-8-6-5-7-19(25)26)9-18(24)21(28)22-15(3)12-17(30-22)11-14(2)16(4)23/h10,14-18,21-24,28H,5-9,11-12H2,1-4H3,(H,25,26)/b13-10+/t14-,15-,16+,17+,18+,21+,22-/m1/s1. The number of hydrogen-bond donors (Lipinski definition) is 4. The molecule has 1 aliphatic rings. The summed E-state index contributed by atoms with van der Waals surface area (Å²) in [4.78, 5) is 22.2. The predicted octanol–water partition coefficient (Wildman–Crippen LogP) is 2.04. The number of carboxylic acid groups (broad SMARTS) is 1. The highest BCUT2D eigenvalue weighted by atomic mass is 16.5. The lowest BCUT2D eigenvalue weighted by atomic mass is 9.90. The van der Waals surface area contributed by atoms with Gasteiger partial charge in [0.05, 0.1) is 31.0 Å². The van der Waals surface area contributed by atoms with Crippen molar-refractivity contribution in [1.82, 2.24) is 0 Å². The number of aliphatic carboxylic acids is 1. The van der Waals surface area contributed by atoms with Crippen molar-refractivity contribution in [2.24, 2.45) is 11.8 Å². The van der Waals surface area contributed by atoms with Crippen LogP contribution in [0.4, 0.5) is 0 Å². The quantitative estimate of drug-likeness (QED) is 0.198. The molecule has 1 rings (SSSR count). The zero-order valence-electron chi connectivity index (χ0n) is 18.5. The van der Waals surface area contributed by atoms with Gasteiger partial charge in [-0.05, 0) is 57.8 Å². The molecule has 0 unspecified atom stereocenters. The largest absolute Gasteiger partial charge is 0.481 e. The molecule has 7 atom stereocenters. The van der Waals surface area contributed by atoms with Crippen LogP contribution in [0.1, 0.15) is 66.2 Å². The minimum absolute atomic E-state index is 0.0386. The molecule has 0 aromatic carbocycles.